The minimum absolute atomic E-state index is 0.108. The molecule has 0 aliphatic rings. The van der Waals surface area contributed by atoms with Crippen LogP contribution in [0.1, 0.15) is 17.7 Å². The van der Waals surface area contributed by atoms with Crippen LogP contribution in [-0.4, -0.2) is 35.0 Å². The van der Waals surface area contributed by atoms with Gasteiger partial charge in [0.05, 0.1) is 12.2 Å². The second-order valence-electron chi connectivity index (χ2n) is 5.62. The Morgan fingerprint density at radius 3 is 2.70 bits per heavy atom. The van der Waals surface area contributed by atoms with Gasteiger partial charge in [0.1, 0.15) is 12.2 Å². The third-order valence-electron chi connectivity index (χ3n) is 3.29. The molecule has 3 amide bonds. The molecule has 2 aromatic rings. The molecule has 146 valence electrons. The van der Waals surface area contributed by atoms with E-state index in [-0.39, 0.29) is 18.2 Å². The summed E-state index contributed by atoms with van der Waals surface area (Å²) in [5.41, 5.74) is 0.924. The third-order valence-corrected chi connectivity index (χ3v) is 4.10. The summed E-state index contributed by atoms with van der Waals surface area (Å²) in [7, 11) is 1.24. The number of rotatable bonds is 6. The van der Waals surface area contributed by atoms with Crippen LogP contribution in [0.15, 0.2) is 29.6 Å². The number of anilines is 1. The van der Waals surface area contributed by atoms with E-state index in [9.17, 15) is 27.2 Å². The normalized spacial score (nSPS) is 11.1. The molecule has 0 saturated heterocycles. The summed E-state index contributed by atoms with van der Waals surface area (Å²) in [5, 5.41) is 6.75. The number of thiazole rings is 1. The molecule has 0 bridgehead atoms. The standard InChI is InChI=1S/C16H16F4N4O2S/c1-24(13(25)6-16(18,19)20)8-12-9-27-15(22-12)23-14(26)21-7-10-3-2-4-11(17)5-10/h2-5,9H,6-8H2,1H3,(H2,21,22,23,26). The van der Waals surface area contributed by atoms with Crippen LogP contribution in [0.3, 0.4) is 0 Å². The van der Waals surface area contributed by atoms with Gasteiger partial charge in [0.15, 0.2) is 5.13 Å². The second-order valence-corrected chi connectivity index (χ2v) is 6.48. The highest BCUT2D eigenvalue weighted by Crippen LogP contribution is 2.21. The van der Waals surface area contributed by atoms with E-state index < -0.39 is 30.4 Å². The van der Waals surface area contributed by atoms with Crippen LogP contribution in [-0.2, 0) is 17.9 Å². The van der Waals surface area contributed by atoms with Gasteiger partial charge in [-0.1, -0.05) is 12.1 Å². The van der Waals surface area contributed by atoms with Crippen molar-refractivity contribution in [2.24, 2.45) is 0 Å². The summed E-state index contributed by atoms with van der Waals surface area (Å²) in [4.78, 5) is 28.3. The van der Waals surface area contributed by atoms with Crippen LogP contribution in [0.5, 0.6) is 0 Å². The molecule has 0 aliphatic carbocycles. The zero-order chi connectivity index (χ0) is 20.0. The topological polar surface area (TPSA) is 74.3 Å². The van der Waals surface area contributed by atoms with Gasteiger partial charge in [0.25, 0.3) is 0 Å². The van der Waals surface area contributed by atoms with Crippen LogP contribution in [0.4, 0.5) is 27.5 Å². The van der Waals surface area contributed by atoms with Crippen molar-refractivity contribution in [1.82, 2.24) is 15.2 Å². The van der Waals surface area contributed by atoms with E-state index in [4.69, 9.17) is 0 Å². The van der Waals surface area contributed by atoms with Gasteiger partial charge in [-0.2, -0.15) is 13.2 Å². The smallest absolute Gasteiger partial charge is 0.340 e. The molecule has 0 spiro atoms. The molecule has 11 heteroatoms. The van der Waals surface area contributed by atoms with Crippen molar-refractivity contribution in [3.05, 3.63) is 46.7 Å². The Hall–Kier alpha value is -2.69. The van der Waals surface area contributed by atoms with E-state index in [1.54, 1.807) is 6.07 Å². The lowest BCUT2D eigenvalue weighted by molar-refractivity contribution is -0.160. The number of carbonyl (C=O) groups is 2. The zero-order valence-corrected chi connectivity index (χ0v) is 15.0. The highest BCUT2D eigenvalue weighted by Gasteiger charge is 2.32. The SMILES string of the molecule is CN(Cc1csc(NC(=O)NCc2cccc(F)c2)n1)C(=O)CC(F)(F)F. The number of alkyl halides is 3. The van der Waals surface area contributed by atoms with Gasteiger partial charge >= 0.3 is 12.2 Å². The first kappa shape index (κ1) is 20.6. The number of amides is 3. The molecule has 0 atom stereocenters. The molecule has 1 heterocycles. The van der Waals surface area contributed by atoms with Crippen molar-refractivity contribution in [2.45, 2.75) is 25.7 Å². The average Bonchev–Trinajstić information content (AvgIpc) is 2.98. The number of nitrogens with zero attached hydrogens (tertiary/aromatic N) is 2. The molecule has 6 nitrogen and oxygen atoms in total. The number of urea groups is 1. The van der Waals surface area contributed by atoms with Gasteiger partial charge in [-0.15, -0.1) is 11.3 Å². The number of hydrogen-bond acceptors (Lipinski definition) is 4. The lowest BCUT2D eigenvalue weighted by Gasteiger charge is -2.16. The van der Waals surface area contributed by atoms with E-state index in [0.29, 0.717) is 11.3 Å². The van der Waals surface area contributed by atoms with E-state index in [2.05, 4.69) is 15.6 Å². The molecular weight excluding hydrogens is 388 g/mol. The largest absolute Gasteiger partial charge is 0.397 e. The quantitative estimate of drug-likeness (QED) is 0.724. The van der Waals surface area contributed by atoms with Gasteiger partial charge in [-0.3, -0.25) is 10.1 Å². The molecule has 1 aromatic carbocycles. The maximum absolute atomic E-state index is 13.1. The molecule has 2 N–H and O–H groups in total. The minimum Gasteiger partial charge on any atom is -0.340 e. The Labute approximate surface area is 156 Å². The lowest BCUT2D eigenvalue weighted by atomic mass is 10.2. The average molecular weight is 404 g/mol. The van der Waals surface area contributed by atoms with Gasteiger partial charge in [0, 0.05) is 19.0 Å². The first-order valence-electron chi connectivity index (χ1n) is 7.67. The van der Waals surface area contributed by atoms with Crippen molar-refractivity contribution in [1.29, 1.82) is 0 Å². The van der Waals surface area contributed by atoms with Gasteiger partial charge in [0.2, 0.25) is 5.91 Å². The highest BCUT2D eigenvalue weighted by molar-refractivity contribution is 7.13. The summed E-state index contributed by atoms with van der Waals surface area (Å²) in [6.45, 7) is -0.00544. The highest BCUT2D eigenvalue weighted by atomic mass is 32.1. The molecule has 27 heavy (non-hydrogen) atoms. The Bertz CT molecular complexity index is 810. The number of carbonyl (C=O) groups excluding carboxylic acids is 2. The first-order valence-corrected chi connectivity index (χ1v) is 8.55. The number of nitrogens with one attached hydrogen (secondary N) is 2. The van der Waals surface area contributed by atoms with Gasteiger partial charge < -0.3 is 10.2 Å². The molecule has 0 unspecified atom stereocenters. The molecule has 1 aromatic heterocycles. The number of halogens is 4. The second kappa shape index (κ2) is 8.80. The maximum atomic E-state index is 13.1. The Kier molecular flexibility index (Phi) is 6.72. The fourth-order valence-electron chi connectivity index (χ4n) is 2.05. The van der Waals surface area contributed by atoms with Crippen molar-refractivity contribution in [3.8, 4) is 0 Å². The fourth-order valence-corrected chi connectivity index (χ4v) is 2.74. The van der Waals surface area contributed by atoms with E-state index in [0.717, 1.165) is 16.2 Å². The van der Waals surface area contributed by atoms with Crippen LogP contribution in [0.2, 0.25) is 0 Å². The number of hydrogen-bond donors (Lipinski definition) is 2. The molecule has 0 saturated carbocycles. The summed E-state index contributed by atoms with van der Waals surface area (Å²) in [5.74, 6) is -1.48. The predicted molar refractivity (Wildman–Crippen MR) is 91.5 cm³/mol. The number of benzene rings is 1. The summed E-state index contributed by atoms with van der Waals surface area (Å²) >= 11 is 1.07. The van der Waals surface area contributed by atoms with Crippen LogP contribution < -0.4 is 10.6 Å². The summed E-state index contributed by atoms with van der Waals surface area (Å²) in [6.07, 6.45) is -6.11. The predicted octanol–water partition coefficient (Wildman–Crippen LogP) is 3.51. The lowest BCUT2D eigenvalue weighted by Crippen LogP contribution is -2.30. The molecule has 0 radical (unpaired) electrons. The number of aromatic nitrogens is 1. The molecule has 2 rings (SSSR count). The third kappa shape index (κ3) is 7.21. The zero-order valence-electron chi connectivity index (χ0n) is 14.1. The van der Waals surface area contributed by atoms with Crippen molar-refractivity contribution < 1.29 is 27.2 Å². The van der Waals surface area contributed by atoms with E-state index in [1.807, 2.05) is 0 Å². The fraction of sp³-hybridized carbons (Fsp3) is 0.312. The summed E-state index contributed by atoms with van der Waals surface area (Å²) < 4.78 is 49.8. The Morgan fingerprint density at radius 2 is 2.04 bits per heavy atom. The maximum Gasteiger partial charge on any atom is 0.397 e. The van der Waals surface area contributed by atoms with E-state index >= 15 is 0 Å². The summed E-state index contributed by atoms with van der Waals surface area (Å²) in [6, 6.07) is 5.18. The van der Waals surface area contributed by atoms with Crippen LogP contribution >= 0.6 is 11.3 Å². The van der Waals surface area contributed by atoms with Crippen molar-refractivity contribution in [2.75, 3.05) is 12.4 Å². The van der Waals surface area contributed by atoms with E-state index in [1.165, 1.54) is 30.6 Å². The van der Waals surface area contributed by atoms with Crippen molar-refractivity contribution >= 4 is 28.4 Å². The molecule has 0 aliphatic heterocycles. The Balaban J connectivity index is 1.82. The minimum atomic E-state index is -4.57. The van der Waals surface area contributed by atoms with Gasteiger partial charge in [-0.25, -0.2) is 14.2 Å². The van der Waals surface area contributed by atoms with Crippen LogP contribution in [0, 0.1) is 5.82 Å². The van der Waals surface area contributed by atoms with Crippen LogP contribution in [0.25, 0.3) is 0 Å². The Morgan fingerprint density at radius 1 is 1.30 bits per heavy atom. The molecular formula is C16H16F4N4O2S. The van der Waals surface area contributed by atoms with Crippen molar-refractivity contribution in [3.63, 3.8) is 0 Å². The monoisotopic (exact) mass is 404 g/mol. The first-order chi connectivity index (χ1) is 12.6. The van der Waals surface area contributed by atoms with Gasteiger partial charge in [-0.05, 0) is 17.7 Å². The molecule has 0 fully saturated rings.